The molecule has 2 heterocycles. The summed E-state index contributed by atoms with van der Waals surface area (Å²) in [4.78, 5) is 20.0. The molecule has 1 aromatic heterocycles. The molecular weight excluding hydrogens is 258 g/mol. The molecule has 0 aliphatic carbocycles. The molecule has 0 bridgehead atoms. The quantitative estimate of drug-likeness (QED) is 0.802. The van der Waals surface area contributed by atoms with Gasteiger partial charge in [-0.2, -0.15) is 0 Å². The van der Waals surface area contributed by atoms with Gasteiger partial charge in [0.15, 0.2) is 0 Å². The summed E-state index contributed by atoms with van der Waals surface area (Å²) < 4.78 is 10.5. The average Bonchev–Trinajstić information content (AvgIpc) is 2.92. The highest BCUT2D eigenvalue weighted by molar-refractivity contribution is 5.90. The summed E-state index contributed by atoms with van der Waals surface area (Å²) >= 11 is 0. The van der Waals surface area contributed by atoms with E-state index in [0.717, 1.165) is 32.4 Å². The fraction of sp³-hybridized carbons (Fsp3) is 0.643. The Morgan fingerprint density at radius 3 is 3.10 bits per heavy atom. The molecule has 6 heteroatoms. The second-order valence-corrected chi connectivity index (χ2v) is 4.76. The number of hydrogen-bond donors (Lipinski definition) is 1. The number of carbonyl (C=O) groups is 1. The minimum absolute atomic E-state index is 0.347. The number of nitrogens with one attached hydrogen (secondary N) is 1. The van der Waals surface area contributed by atoms with Gasteiger partial charge in [0, 0.05) is 19.3 Å². The first-order valence-electron chi connectivity index (χ1n) is 7.07. The van der Waals surface area contributed by atoms with E-state index in [4.69, 9.17) is 9.47 Å². The number of anilines is 1. The number of carbonyl (C=O) groups excluding carboxylic acids is 1. The third kappa shape index (κ3) is 3.90. The maximum absolute atomic E-state index is 11.6. The van der Waals surface area contributed by atoms with Crippen LogP contribution in [0.25, 0.3) is 0 Å². The lowest BCUT2D eigenvalue weighted by Crippen LogP contribution is -2.15. The van der Waals surface area contributed by atoms with Crippen molar-refractivity contribution in [1.82, 2.24) is 9.97 Å². The van der Waals surface area contributed by atoms with Gasteiger partial charge >= 0.3 is 5.97 Å². The van der Waals surface area contributed by atoms with Gasteiger partial charge in [-0.25, -0.2) is 14.8 Å². The van der Waals surface area contributed by atoms with Crippen molar-refractivity contribution in [2.75, 3.05) is 25.1 Å². The van der Waals surface area contributed by atoms with Crippen molar-refractivity contribution >= 4 is 11.9 Å². The highest BCUT2D eigenvalue weighted by Crippen LogP contribution is 2.15. The van der Waals surface area contributed by atoms with Gasteiger partial charge in [-0.1, -0.05) is 0 Å². The number of rotatable bonds is 6. The third-order valence-corrected chi connectivity index (χ3v) is 3.25. The number of ether oxygens (including phenoxy) is 2. The Bertz CT molecular complexity index is 459. The maximum atomic E-state index is 11.6. The van der Waals surface area contributed by atoms with Gasteiger partial charge < -0.3 is 14.8 Å². The SMILES string of the molecule is CCOC(=O)c1cnc(NCCC2CCCO2)nc1C. The van der Waals surface area contributed by atoms with Gasteiger partial charge in [-0.15, -0.1) is 0 Å². The molecular formula is C14H21N3O3. The van der Waals surface area contributed by atoms with Crippen LogP contribution >= 0.6 is 0 Å². The van der Waals surface area contributed by atoms with Crippen molar-refractivity contribution in [1.29, 1.82) is 0 Å². The molecule has 1 aliphatic heterocycles. The first-order chi connectivity index (χ1) is 9.70. The third-order valence-electron chi connectivity index (χ3n) is 3.25. The van der Waals surface area contributed by atoms with Gasteiger partial charge in [0.2, 0.25) is 5.95 Å². The zero-order chi connectivity index (χ0) is 14.4. The first-order valence-corrected chi connectivity index (χ1v) is 7.07. The number of hydrogen-bond acceptors (Lipinski definition) is 6. The van der Waals surface area contributed by atoms with Gasteiger partial charge in [0.1, 0.15) is 0 Å². The minimum atomic E-state index is -0.379. The summed E-state index contributed by atoms with van der Waals surface area (Å²) in [6.45, 7) is 5.53. The topological polar surface area (TPSA) is 73.3 Å². The molecule has 1 atom stereocenters. The summed E-state index contributed by atoms with van der Waals surface area (Å²) in [5, 5.41) is 3.16. The Kier molecular flexibility index (Phi) is 5.29. The summed E-state index contributed by atoms with van der Waals surface area (Å²) in [5.41, 5.74) is 1.04. The number of nitrogens with zero attached hydrogens (tertiary/aromatic N) is 2. The van der Waals surface area contributed by atoms with E-state index in [1.54, 1.807) is 13.8 Å². The molecule has 0 saturated carbocycles. The highest BCUT2D eigenvalue weighted by Gasteiger charge is 2.15. The molecule has 2 rings (SSSR count). The molecule has 1 aliphatic rings. The van der Waals surface area contributed by atoms with Crippen LogP contribution in [-0.4, -0.2) is 41.8 Å². The Labute approximate surface area is 118 Å². The lowest BCUT2D eigenvalue weighted by molar-refractivity contribution is 0.0524. The molecule has 1 unspecified atom stereocenters. The van der Waals surface area contributed by atoms with Gasteiger partial charge in [-0.3, -0.25) is 0 Å². The normalized spacial score (nSPS) is 18.0. The largest absolute Gasteiger partial charge is 0.462 e. The van der Waals surface area contributed by atoms with Gasteiger partial charge in [0.25, 0.3) is 0 Å². The van der Waals surface area contributed by atoms with Crippen LogP contribution in [0.3, 0.4) is 0 Å². The number of aromatic nitrogens is 2. The van der Waals surface area contributed by atoms with Crippen LogP contribution in [0.2, 0.25) is 0 Å². The number of aryl methyl sites for hydroxylation is 1. The maximum Gasteiger partial charge on any atom is 0.341 e. The van der Waals surface area contributed by atoms with E-state index < -0.39 is 0 Å². The first kappa shape index (κ1) is 14.7. The highest BCUT2D eigenvalue weighted by atomic mass is 16.5. The molecule has 0 radical (unpaired) electrons. The Hall–Kier alpha value is -1.69. The van der Waals surface area contributed by atoms with Crippen LogP contribution in [0.1, 0.15) is 42.2 Å². The van der Waals surface area contributed by atoms with Crippen molar-refractivity contribution in [3.05, 3.63) is 17.5 Å². The van der Waals surface area contributed by atoms with E-state index in [1.807, 2.05) is 0 Å². The monoisotopic (exact) mass is 279 g/mol. The molecule has 1 saturated heterocycles. The summed E-state index contributed by atoms with van der Waals surface area (Å²) in [6.07, 6.45) is 5.08. The van der Waals surface area contributed by atoms with E-state index in [2.05, 4.69) is 15.3 Å². The summed E-state index contributed by atoms with van der Waals surface area (Å²) in [5.74, 6) is 0.157. The molecule has 1 aromatic rings. The van der Waals surface area contributed by atoms with Crippen molar-refractivity contribution in [2.24, 2.45) is 0 Å². The zero-order valence-electron chi connectivity index (χ0n) is 12.0. The van der Waals surface area contributed by atoms with Gasteiger partial charge in [0.05, 0.1) is 24.0 Å². The molecule has 1 fully saturated rings. The van der Waals surface area contributed by atoms with Gasteiger partial charge in [-0.05, 0) is 33.1 Å². The summed E-state index contributed by atoms with van der Waals surface area (Å²) in [6, 6.07) is 0. The Morgan fingerprint density at radius 2 is 2.45 bits per heavy atom. The Balaban J connectivity index is 1.86. The predicted molar refractivity (Wildman–Crippen MR) is 74.8 cm³/mol. The number of esters is 1. The second-order valence-electron chi connectivity index (χ2n) is 4.76. The molecule has 0 spiro atoms. The molecule has 110 valence electrons. The van der Waals surface area contributed by atoms with Crippen molar-refractivity contribution in [2.45, 2.75) is 39.2 Å². The fourth-order valence-electron chi connectivity index (χ4n) is 2.18. The van der Waals surface area contributed by atoms with Crippen LogP contribution < -0.4 is 5.32 Å². The van der Waals surface area contributed by atoms with Crippen LogP contribution in [0.5, 0.6) is 0 Å². The van der Waals surface area contributed by atoms with Crippen LogP contribution in [0, 0.1) is 6.92 Å². The lowest BCUT2D eigenvalue weighted by Gasteiger charge is -2.11. The molecule has 6 nitrogen and oxygen atoms in total. The molecule has 0 amide bonds. The standard InChI is InChI=1S/C14H21N3O3/c1-3-19-13(18)12-9-16-14(17-10(12)2)15-7-6-11-5-4-8-20-11/h9,11H,3-8H2,1-2H3,(H,15,16,17). The second kappa shape index (κ2) is 7.19. The fourth-order valence-corrected chi connectivity index (χ4v) is 2.18. The van der Waals surface area contributed by atoms with E-state index in [0.29, 0.717) is 29.9 Å². The van der Waals surface area contributed by atoms with E-state index in [1.165, 1.54) is 6.20 Å². The van der Waals surface area contributed by atoms with E-state index in [9.17, 15) is 4.79 Å². The predicted octanol–water partition coefficient (Wildman–Crippen LogP) is 1.94. The average molecular weight is 279 g/mol. The minimum Gasteiger partial charge on any atom is -0.462 e. The van der Waals surface area contributed by atoms with Crippen molar-refractivity contribution < 1.29 is 14.3 Å². The Morgan fingerprint density at radius 1 is 1.60 bits per heavy atom. The zero-order valence-corrected chi connectivity index (χ0v) is 12.0. The van der Waals surface area contributed by atoms with Crippen LogP contribution in [0.4, 0.5) is 5.95 Å². The van der Waals surface area contributed by atoms with Crippen molar-refractivity contribution in [3.63, 3.8) is 0 Å². The van der Waals surface area contributed by atoms with Crippen LogP contribution in [0.15, 0.2) is 6.20 Å². The van der Waals surface area contributed by atoms with Crippen molar-refractivity contribution in [3.8, 4) is 0 Å². The lowest BCUT2D eigenvalue weighted by atomic mass is 10.2. The van der Waals surface area contributed by atoms with Crippen LogP contribution in [-0.2, 0) is 9.47 Å². The van der Waals surface area contributed by atoms with E-state index >= 15 is 0 Å². The van der Waals surface area contributed by atoms with E-state index in [-0.39, 0.29) is 5.97 Å². The smallest absolute Gasteiger partial charge is 0.341 e. The summed E-state index contributed by atoms with van der Waals surface area (Å²) in [7, 11) is 0. The molecule has 20 heavy (non-hydrogen) atoms. The molecule has 0 aromatic carbocycles. The molecule has 1 N–H and O–H groups in total.